The average Bonchev–Trinajstić information content (AvgIpc) is 2.78. The quantitative estimate of drug-likeness (QED) is 0.643. The van der Waals surface area contributed by atoms with E-state index in [0.29, 0.717) is 5.75 Å². The largest absolute Gasteiger partial charge is 0.497 e. The highest BCUT2D eigenvalue weighted by molar-refractivity contribution is 7.99. The van der Waals surface area contributed by atoms with E-state index in [0.717, 1.165) is 52.6 Å². The highest BCUT2D eigenvalue weighted by Crippen LogP contribution is 2.29. The summed E-state index contributed by atoms with van der Waals surface area (Å²) in [5, 5.41) is 3.72. The number of nitrogens with zero attached hydrogens (tertiary/aromatic N) is 2. The topological polar surface area (TPSA) is 63.7 Å². The molecule has 0 unspecified atom stereocenters. The number of aromatic nitrogens is 1. The number of amides is 1. The number of thioether (sulfide) groups is 1. The van der Waals surface area contributed by atoms with E-state index in [1.54, 1.807) is 7.11 Å². The van der Waals surface area contributed by atoms with Gasteiger partial charge in [0, 0.05) is 53.1 Å². The van der Waals surface area contributed by atoms with Crippen LogP contribution in [0.4, 0.5) is 11.4 Å². The Balaban J connectivity index is 1.40. The van der Waals surface area contributed by atoms with Crippen LogP contribution in [-0.2, 0) is 4.79 Å². The Hall–Kier alpha value is -2.93. The third-order valence-corrected chi connectivity index (χ3v) is 5.93. The van der Waals surface area contributed by atoms with Crippen molar-refractivity contribution in [1.29, 1.82) is 0 Å². The Kier molecular flexibility index (Phi) is 6.28. The zero-order valence-corrected chi connectivity index (χ0v) is 18.0. The molecule has 4 rings (SSSR count). The molecule has 2 aromatic carbocycles. The molecule has 1 fully saturated rings. The number of hydrogen-bond acceptors (Lipinski definition) is 6. The summed E-state index contributed by atoms with van der Waals surface area (Å²) in [6.07, 6.45) is 0. The lowest BCUT2D eigenvalue weighted by Crippen LogP contribution is -2.32. The molecule has 0 radical (unpaired) electrons. The second-order valence-corrected chi connectivity index (χ2v) is 8.35. The van der Waals surface area contributed by atoms with Crippen molar-refractivity contribution in [1.82, 2.24) is 4.98 Å². The van der Waals surface area contributed by atoms with Gasteiger partial charge < -0.3 is 19.7 Å². The lowest BCUT2D eigenvalue weighted by atomic mass is 10.1. The predicted molar refractivity (Wildman–Crippen MR) is 123 cm³/mol. The summed E-state index contributed by atoms with van der Waals surface area (Å²) >= 11 is 1.99. The van der Waals surface area contributed by atoms with Crippen LogP contribution in [0.25, 0.3) is 10.9 Å². The molecule has 156 valence electrons. The molecule has 1 aliphatic heterocycles. The van der Waals surface area contributed by atoms with E-state index in [4.69, 9.17) is 9.47 Å². The summed E-state index contributed by atoms with van der Waals surface area (Å²) in [4.78, 5) is 19.3. The number of carbonyl (C=O) groups is 1. The Morgan fingerprint density at radius 3 is 2.63 bits per heavy atom. The van der Waals surface area contributed by atoms with Crippen LogP contribution in [0.3, 0.4) is 0 Å². The van der Waals surface area contributed by atoms with E-state index < -0.39 is 0 Å². The van der Waals surface area contributed by atoms with Crippen molar-refractivity contribution < 1.29 is 14.3 Å². The normalized spacial score (nSPS) is 13.9. The number of anilines is 2. The lowest BCUT2D eigenvalue weighted by Gasteiger charge is -2.28. The van der Waals surface area contributed by atoms with Crippen LogP contribution in [-0.4, -0.2) is 49.2 Å². The van der Waals surface area contributed by atoms with E-state index in [-0.39, 0.29) is 12.5 Å². The molecule has 7 heteroatoms. The van der Waals surface area contributed by atoms with E-state index in [1.165, 1.54) is 5.69 Å². The number of nitrogens with one attached hydrogen (secondary N) is 1. The van der Waals surface area contributed by atoms with Crippen LogP contribution in [0.1, 0.15) is 5.69 Å². The molecule has 0 saturated carbocycles. The van der Waals surface area contributed by atoms with E-state index in [1.807, 2.05) is 55.1 Å². The van der Waals surface area contributed by atoms with Crippen molar-refractivity contribution >= 4 is 39.9 Å². The van der Waals surface area contributed by atoms with Gasteiger partial charge in [-0.05, 0) is 49.4 Å². The number of methoxy groups -OCH3 is 1. The fourth-order valence-electron chi connectivity index (χ4n) is 3.46. The van der Waals surface area contributed by atoms with E-state index in [9.17, 15) is 4.79 Å². The first-order valence-electron chi connectivity index (χ1n) is 9.93. The van der Waals surface area contributed by atoms with Crippen molar-refractivity contribution in [3.8, 4) is 11.5 Å². The van der Waals surface area contributed by atoms with Gasteiger partial charge in [0.15, 0.2) is 6.61 Å². The van der Waals surface area contributed by atoms with Crippen molar-refractivity contribution in [2.45, 2.75) is 6.92 Å². The molecular formula is C23H25N3O3S. The number of ether oxygens (including phenoxy) is 2. The zero-order chi connectivity index (χ0) is 20.9. The molecule has 0 spiro atoms. The van der Waals surface area contributed by atoms with E-state index >= 15 is 0 Å². The van der Waals surface area contributed by atoms with Gasteiger partial charge in [-0.15, -0.1) is 0 Å². The molecule has 1 saturated heterocycles. The van der Waals surface area contributed by atoms with Gasteiger partial charge in [-0.3, -0.25) is 9.78 Å². The lowest BCUT2D eigenvalue weighted by molar-refractivity contribution is -0.118. The smallest absolute Gasteiger partial charge is 0.262 e. The maximum atomic E-state index is 12.4. The standard InChI is InChI=1S/C23H25N3O3S/c1-16-13-22(20-14-19(28-2)7-8-21(20)24-16)29-15-23(27)25-17-3-5-18(6-4-17)26-9-11-30-12-10-26/h3-8,13-14H,9-12,15H2,1-2H3,(H,25,27). The monoisotopic (exact) mass is 423 g/mol. The maximum absolute atomic E-state index is 12.4. The van der Waals surface area contributed by atoms with Crippen molar-refractivity contribution in [2.75, 3.05) is 48.5 Å². The summed E-state index contributed by atoms with van der Waals surface area (Å²) in [6.45, 7) is 3.95. The number of hydrogen-bond donors (Lipinski definition) is 1. The highest BCUT2D eigenvalue weighted by atomic mass is 32.2. The molecule has 1 N–H and O–H groups in total. The van der Waals surface area contributed by atoms with Gasteiger partial charge in [0.2, 0.25) is 0 Å². The number of rotatable bonds is 6. The highest BCUT2D eigenvalue weighted by Gasteiger charge is 2.12. The minimum absolute atomic E-state index is 0.0825. The molecule has 1 aliphatic rings. The van der Waals surface area contributed by atoms with Gasteiger partial charge in [-0.2, -0.15) is 11.8 Å². The Bertz CT molecular complexity index is 1030. The minimum atomic E-state index is -0.206. The van der Waals surface area contributed by atoms with Gasteiger partial charge in [-0.25, -0.2) is 0 Å². The van der Waals surface area contributed by atoms with Gasteiger partial charge in [-0.1, -0.05) is 0 Å². The van der Waals surface area contributed by atoms with Gasteiger partial charge in [0.05, 0.1) is 12.6 Å². The Morgan fingerprint density at radius 1 is 1.13 bits per heavy atom. The molecule has 6 nitrogen and oxygen atoms in total. The summed E-state index contributed by atoms with van der Waals surface area (Å²) in [5.41, 5.74) is 3.58. The molecule has 1 amide bonds. The minimum Gasteiger partial charge on any atom is -0.497 e. The molecule has 0 atom stereocenters. The van der Waals surface area contributed by atoms with Crippen LogP contribution >= 0.6 is 11.8 Å². The first-order chi connectivity index (χ1) is 14.6. The van der Waals surface area contributed by atoms with Gasteiger partial charge >= 0.3 is 0 Å². The average molecular weight is 424 g/mol. The summed E-state index contributed by atoms with van der Waals surface area (Å²) in [7, 11) is 1.62. The predicted octanol–water partition coefficient (Wildman–Crippen LogP) is 4.12. The van der Waals surface area contributed by atoms with Crippen LogP contribution < -0.4 is 19.7 Å². The third-order valence-electron chi connectivity index (χ3n) is 4.99. The number of fused-ring (bicyclic) bond motifs is 1. The van der Waals surface area contributed by atoms with Crippen LogP contribution in [0, 0.1) is 6.92 Å². The van der Waals surface area contributed by atoms with Gasteiger partial charge in [0.1, 0.15) is 11.5 Å². The Morgan fingerprint density at radius 2 is 1.90 bits per heavy atom. The van der Waals surface area contributed by atoms with Crippen molar-refractivity contribution in [3.63, 3.8) is 0 Å². The summed E-state index contributed by atoms with van der Waals surface area (Å²) in [6, 6.07) is 15.4. The van der Waals surface area contributed by atoms with Crippen LogP contribution in [0.2, 0.25) is 0 Å². The van der Waals surface area contributed by atoms with Crippen LogP contribution in [0.5, 0.6) is 11.5 Å². The second-order valence-electron chi connectivity index (χ2n) is 7.13. The first kappa shape index (κ1) is 20.3. The van der Waals surface area contributed by atoms with Crippen molar-refractivity contribution in [2.24, 2.45) is 0 Å². The first-order valence-corrected chi connectivity index (χ1v) is 11.1. The maximum Gasteiger partial charge on any atom is 0.262 e. The molecule has 2 heterocycles. The number of carbonyl (C=O) groups excluding carboxylic acids is 1. The summed E-state index contributed by atoms with van der Waals surface area (Å²) < 4.78 is 11.1. The van der Waals surface area contributed by atoms with E-state index in [2.05, 4.69) is 27.3 Å². The summed E-state index contributed by atoms with van der Waals surface area (Å²) in [5.74, 6) is 3.44. The molecule has 3 aromatic rings. The molecule has 1 aromatic heterocycles. The fourth-order valence-corrected chi connectivity index (χ4v) is 4.37. The number of aryl methyl sites for hydroxylation is 1. The van der Waals surface area contributed by atoms with Crippen molar-refractivity contribution in [3.05, 3.63) is 54.2 Å². The van der Waals surface area contributed by atoms with Gasteiger partial charge in [0.25, 0.3) is 5.91 Å². The molecule has 0 aliphatic carbocycles. The third kappa shape index (κ3) is 4.79. The molecular weight excluding hydrogens is 398 g/mol. The molecule has 30 heavy (non-hydrogen) atoms. The number of benzene rings is 2. The van der Waals surface area contributed by atoms with Crippen LogP contribution in [0.15, 0.2) is 48.5 Å². The SMILES string of the molecule is COc1ccc2nc(C)cc(OCC(=O)Nc3ccc(N4CCSCC4)cc3)c2c1. The second kappa shape index (κ2) is 9.26. The zero-order valence-electron chi connectivity index (χ0n) is 17.2. The fraction of sp³-hybridized carbons (Fsp3) is 0.304. The number of pyridine rings is 1. The molecule has 0 bridgehead atoms. The Labute approximate surface area is 180 Å².